The number of rotatable bonds is 5. The van der Waals surface area contributed by atoms with Crippen molar-refractivity contribution in [3.8, 4) is 5.75 Å². The Morgan fingerprint density at radius 3 is 2.78 bits per heavy atom. The van der Waals surface area contributed by atoms with E-state index in [1.165, 1.54) is 6.33 Å². The summed E-state index contributed by atoms with van der Waals surface area (Å²) in [6.07, 6.45) is 2.12. The van der Waals surface area contributed by atoms with Gasteiger partial charge in [0.2, 0.25) is 5.82 Å². The van der Waals surface area contributed by atoms with Crippen LogP contribution >= 0.6 is 0 Å². The number of amides is 1. The molecule has 0 aliphatic heterocycles. The lowest BCUT2D eigenvalue weighted by molar-refractivity contribution is 0.0944. The summed E-state index contributed by atoms with van der Waals surface area (Å²) in [5, 5.41) is 8.94. The van der Waals surface area contributed by atoms with Crippen LogP contribution in [-0.4, -0.2) is 34.7 Å². The Morgan fingerprint density at radius 2 is 2.17 bits per heavy atom. The molecule has 18 heavy (non-hydrogen) atoms. The third kappa shape index (κ3) is 3.07. The minimum Gasteiger partial charge on any atom is -0.497 e. The van der Waals surface area contributed by atoms with E-state index >= 15 is 0 Å². The van der Waals surface area contributed by atoms with Crippen LogP contribution in [0.4, 0.5) is 0 Å². The summed E-state index contributed by atoms with van der Waals surface area (Å²) in [6.45, 7) is 0.541. The Morgan fingerprint density at radius 1 is 1.39 bits per heavy atom. The van der Waals surface area contributed by atoms with E-state index in [9.17, 15) is 4.79 Å². The second kappa shape index (κ2) is 5.81. The van der Waals surface area contributed by atoms with E-state index in [4.69, 9.17) is 4.74 Å². The molecule has 1 heterocycles. The summed E-state index contributed by atoms with van der Waals surface area (Å²) < 4.78 is 5.07. The number of hydrogen-bond donors (Lipinski definition) is 2. The number of carbonyl (C=O) groups is 1. The summed E-state index contributed by atoms with van der Waals surface area (Å²) in [7, 11) is 1.63. The SMILES string of the molecule is COc1ccc(CCNC(=O)c2nc[nH]n2)cc1. The maximum absolute atomic E-state index is 11.5. The van der Waals surface area contributed by atoms with Crippen molar-refractivity contribution >= 4 is 5.91 Å². The predicted molar refractivity (Wildman–Crippen MR) is 65.4 cm³/mol. The molecule has 1 aromatic carbocycles. The van der Waals surface area contributed by atoms with Crippen molar-refractivity contribution in [3.05, 3.63) is 42.0 Å². The number of nitrogens with zero attached hydrogens (tertiary/aromatic N) is 2. The molecule has 0 saturated carbocycles. The Hall–Kier alpha value is -2.37. The number of aromatic nitrogens is 3. The standard InChI is InChI=1S/C12H14N4O2/c1-18-10-4-2-9(3-5-10)6-7-13-12(17)11-14-8-15-16-11/h2-5,8H,6-7H2,1H3,(H,13,17)(H,14,15,16). The molecule has 6 nitrogen and oxygen atoms in total. The quantitative estimate of drug-likeness (QED) is 0.817. The summed E-state index contributed by atoms with van der Waals surface area (Å²) in [5.41, 5.74) is 1.13. The number of methoxy groups -OCH3 is 1. The van der Waals surface area contributed by atoms with Gasteiger partial charge in [0.15, 0.2) is 0 Å². The maximum atomic E-state index is 11.5. The van der Waals surface area contributed by atoms with Gasteiger partial charge in [0.1, 0.15) is 12.1 Å². The molecular formula is C12H14N4O2. The monoisotopic (exact) mass is 246 g/mol. The van der Waals surface area contributed by atoms with Gasteiger partial charge in [-0.05, 0) is 24.1 Å². The van der Waals surface area contributed by atoms with E-state index in [-0.39, 0.29) is 11.7 Å². The maximum Gasteiger partial charge on any atom is 0.290 e. The number of H-pyrrole nitrogens is 1. The fraction of sp³-hybridized carbons (Fsp3) is 0.250. The summed E-state index contributed by atoms with van der Waals surface area (Å²) in [6, 6.07) is 7.73. The van der Waals surface area contributed by atoms with Crippen LogP contribution in [0.5, 0.6) is 5.75 Å². The molecule has 2 rings (SSSR count). The molecule has 0 radical (unpaired) electrons. The van der Waals surface area contributed by atoms with Crippen LogP contribution < -0.4 is 10.1 Å². The normalized spacial score (nSPS) is 10.1. The molecule has 6 heteroatoms. The van der Waals surface area contributed by atoms with E-state index in [2.05, 4.69) is 20.5 Å². The smallest absolute Gasteiger partial charge is 0.290 e. The van der Waals surface area contributed by atoms with Crippen LogP contribution in [0.15, 0.2) is 30.6 Å². The molecule has 94 valence electrons. The average molecular weight is 246 g/mol. The van der Waals surface area contributed by atoms with Gasteiger partial charge in [-0.3, -0.25) is 9.89 Å². The van der Waals surface area contributed by atoms with Gasteiger partial charge in [-0.15, -0.1) is 5.10 Å². The first kappa shape index (κ1) is 12.1. The van der Waals surface area contributed by atoms with Gasteiger partial charge in [0, 0.05) is 6.54 Å². The van der Waals surface area contributed by atoms with Crippen LogP contribution in [0.2, 0.25) is 0 Å². The van der Waals surface area contributed by atoms with E-state index in [1.807, 2.05) is 24.3 Å². The number of ether oxygens (including phenoxy) is 1. The number of nitrogens with one attached hydrogen (secondary N) is 2. The minimum absolute atomic E-state index is 0.157. The second-order valence-electron chi connectivity index (χ2n) is 3.68. The molecule has 0 atom stereocenters. The Balaban J connectivity index is 1.79. The van der Waals surface area contributed by atoms with E-state index in [1.54, 1.807) is 7.11 Å². The fourth-order valence-electron chi connectivity index (χ4n) is 1.51. The van der Waals surface area contributed by atoms with Gasteiger partial charge in [0.25, 0.3) is 5.91 Å². The van der Waals surface area contributed by atoms with Gasteiger partial charge >= 0.3 is 0 Å². The lowest BCUT2D eigenvalue weighted by Gasteiger charge is -2.04. The van der Waals surface area contributed by atoms with Crippen molar-refractivity contribution in [1.82, 2.24) is 20.5 Å². The molecule has 2 N–H and O–H groups in total. The molecule has 2 aromatic rings. The van der Waals surface area contributed by atoms with Crippen LogP contribution in [-0.2, 0) is 6.42 Å². The van der Waals surface area contributed by atoms with Crippen molar-refractivity contribution in [2.75, 3.05) is 13.7 Å². The average Bonchev–Trinajstić information content (AvgIpc) is 2.93. The Bertz CT molecular complexity index is 493. The number of aromatic amines is 1. The summed E-state index contributed by atoms with van der Waals surface area (Å²) in [4.78, 5) is 15.3. The first-order valence-corrected chi connectivity index (χ1v) is 5.56. The molecule has 0 bridgehead atoms. The van der Waals surface area contributed by atoms with Gasteiger partial charge in [-0.2, -0.15) is 0 Å². The largest absolute Gasteiger partial charge is 0.497 e. The van der Waals surface area contributed by atoms with E-state index in [0.717, 1.165) is 17.7 Å². The molecular weight excluding hydrogens is 232 g/mol. The first-order valence-electron chi connectivity index (χ1n) is 5.56. The second-order valence-corrected chi connectivity index (χ2v) is 3.68. The highest BCUT2D eigenvalue weighted by atomic mass is 16.5. The zero-order valence-electron chi connectivity index (χ0n) is 10.0. The van der Waals surface area contributed by atoms with Crippen LogP contribution in [0, 0.1) is 0 Å². The van der Waals surface area contributed by atoms with Gasteiger partial charge in [0.05, 0.1) is 7.11 Å². The fourth-order valence-corrected chi connectivity index (χ4v) is 1.51. The lowest BCUT2D eigenvalue weighted by Crippen LogP contribution is -2.26. The molecule has 0 aliphatic carbocycles. The van der Waals surface area contributed by atoms with Crippen molar-refractivity contribution in [2.24, 2.45) is 0 Å². The van der Waals surface area contributed by atoms with Crippen LogP contribution in [0.3, 0.4) is 0 Å². The number of benzene rings is 1. The molecule has 0 aliphatic rings. The van der Waals surface area contributed by atoms with Crippen LogP contribution in [0.1, 0.15) is 16.2 Å². The van der Waals surface area contributed by atoms with Gasteiger partial charge in [-0.25, -0.2) is 4.98 Å². The minimum atomic E-state index is -0.273. The molecule has 0 spiro atoms. The predicted octanol–water partition coefficient (Wildman–Crippen LogP) is 0.786. The zero-order chi connectivity index (χ0) is 12.8. The highest BCUT2D eigenvalue weighted by Crippen LogP contribution is 2.11. The van der Waals surface area contributed by atoms with Crippen molar-refractivity contribution in [3.63, 3.8) is 0 Å². The molecule has 0 fully saturated rings. The van der Waals surface area contributed by atoms with Gasteiger partial charge < -0.3 is 10.1 Å². The zero-order valence-corrected chi connectivity index (χ0v) is 10.0. The molecule has 1 amide bonds. The first-order chi connectivity index (χ1) is 8.79. The van der Waals surface area contributed by atoms with E-state index < -0.39 is 0 Å². The lowest BCUT2D eigenvalue weighted by atomic mass is 10.1. The highest BCUT2D eigenvalue weighted by Gasteiger charge is 2.07. The van der Waals surface area contributed by atoms with Crippen molar-refractivity contribution in [1.29, 1.82) is 0 Å². The van der Waals surface area contributed by atoms with Crippen LogP contribution in [0.25, 0.3) is 0 Å². The van der Waals surface area contributed by atoms with Crippen molar-refractivity contribution < 1.29 is 9.53 Å². The highest BCUT2D eigenvalue weighted by molar-refractivity contribution is 5.90. The summed E-state index contributed by atoms with van der Waals surface area (Å²) in [5.74, 6) is 0.706. The Kier molecular flexibility index (Phi) is 3.90. The van der Waals surface area contributed by atoms with Gasteiger partial charge in [-0.1, -0.05) is 12.1 Å². The number of hydrogen-bond acceptors (Lipinski definition) is 4. The number of carbonyl (C=O) groups excluding carboxylic acids is 1. The molecule has 0 saturated heterocycles. The topological polar surface area (TPSA) is 79.9 Å². The molecule has 0 unspecified atom stereocenters. The molecule has 1 aromatic heterocycles. The third-order valence-corrected chi connectivity index (χ3v) is 2.48. The van der Waals surface area contributed by atoms with Crippen molar-refractivity contribution in [2.45, 2.75) is 6.42 Å². The van der Waals surface area contributed by atoms with E-state index in [0.29, 0.717) is 6.54 Å². The third-order valence-electron chi connectivity index (χ3n) is 2.48. The Labute approximate surface area is 104 Å². The summed E-state index contributed by atoms with van der Waals surface area (Å²) >= 11 is 0.